The maximum atomic E-state index is 5.43. The number of hydrogen-bond donors (Lipinski definition) is 3. The fraction of sp³-hybridized carbons (Fsp3) is 0.167. The van der Waals surface area contributed by atoms with Gasteiger partial charge in [0.05, 0.1) is 6.20 Å². The predicted molar refractivity (Wildman–Crippen MR) is 94.2 cm³/mol. The minimum Gasteiger partial charge on any atom is -0.384 e. The summed E-state index contributed by atoms with van der Waals surface area (Å²) in [5.74, 6) is 1.59. The van der Waals surface area contributed by atoms with Crippen molar-refractivity contribution >= 4 is 27.6 Å². The second-order valence-electron chi connectivity index (χ2n) is 4.60. The van der Waals surface area contributed by atoms with Gasteiger partial charge in [-0.05, 0) is 22.0 Å². The molecule has 0 unspecified atom stereocenters. The van der Waals surface area contributed by atoms with Gasteiger partial charge < -0.3 is 11.5 Å². The third-order valence-electron chi connectivity index (χ3n) is 2.50. The summed E-state index contributed by atoms with van der Waals surface area (Å²) in [5.41, 5.74) is 10.6. The van der Waals surface area contributed by atoms with Crippen LogP contribution in [0.1, 0.15) is 0 Å². The third kappa shape index (κ3) is 6.06. The van der Waals surface area contributed by atoms with Crippen molar-refractivity contribution in [1.82, 2.24) is 49.5 Å². The van der Waals surface area contributed by atoms with Crippen LogP contribution in [0.2, 0.25) is 0 Å². The molecule has 0 aromatic carbocycles. The zero-order valence-electron chi connectivity index (χ0n) is 13.5. The van der Waals surface area contributed by atoms with Gasteiger partial charge in [0.2, 0.25) is 4.73 Å². The molecule has 12 nitrogen and oxygen atoms in total. The number of hydrogen-bond acceptors (Lipinski definition) is 8. The van der Waals surface area contributed by atoms with E-state index in [4.69, 9.17) is 11.5 Å². The van der Waals surface area contributed by atoms with Crippen LogP contribution in [0.5, 0.6) is 0 Å². The molecule has 0 saturated carbocycles. The molecule has 0 aliphatic carbocycles. The fourth-order valence-electron chi connectivity index (χ4n) is 1.46. The van der Waals surface area contributed by atoms with Crippen LogP contribution in [-0.2, 0) is 14.1 Å². The summed E-state index contributed by atoms with van der Waals surface area (Å²) in [6.45, 7) is 0. The van der Waals surface area contributed by atoms with Gasteiger partial charge in [0.15, 0.2) is 0 Å². The Balaban J connectivity index is 0.000000148. The Morgan fingerprint density at radius 2 is 1.72 bits per heavy atom. The van der Waals surface area contributed by atoms with E-state index in [0.29, 0.717) is 22.3 Å². The van der Waals surface area contributed by atoms with Gasteiger partial charge in [-0.25, -0.2) is 9.67 Å². The first-order valence-corrected chi connectivity index (χ1v) is 7.66. The molecule has 13 heteroatoms. The van der Waals surface area contributed by atoms with Crippen LogP contribution >= 0.6 is 15.9 Å². The zero-order valence-corrected chi connectivity index (χ0v) is 15.1. The van der Waals surface area contributed by atoms with Gasteiger partial charge in [-0.3, -0.25) is 14.5 Å². The summed E-state index contributed by atoms with van der Waals surface area (Å²) in [7, 11) is 3.61. The normalized spacial score (nSPS) is 9.72. The average molecular weight is 409 g/mol. The number of nitrogen functional groups attached to an aromatic ring is 2. The molecule has 0 aliphatic rings. The number of nitrogens with two attached hydrogens (primary N) is 2. The molecule has 4 aromatic heterocycles. The largest absolute Gasteiger partial charge is 0.384 e. The smallest absolute Gasteiger partial charge is 0.269 e. The molecular weight excluding hydrogens is 392 g/mol. The van der Waals surface area contributed by atoms with E-state index in [0.717, 1.165) is 0 Å². The highest BCUT2D eigenvalue weighted by Crippen LogP contribution is 2.01. The van der Waals surface area contributed by atoms with Crippen LogP contribution in [0.25, 0.3) is 5.95 Å². The molecule has 4 aromatic rings. The van der Waals surface area contributed by atoms with Crippen LogP contribution in [0.4, 0.5) is 11.6 Å². The van der Waals surface area contributed by atoms with Gasteiger partial charge in [0.1, 0.15) is 24.3 Å². The number of nitrogens with one attached hydrogen (secondary N) is 1. The van der Waals surface area contributed by atoms with Gasteiger partial charge in [-0.2, -0.15) is 10.1 Å². The summed E-state index contributed by atoms with van der Waals surface area (Å²) in [6, 6.07) is 3.39. The zero-order chi connectivity index (χ0) is 18.2. The fourth-order valence-corrected chi connectivity index (χ4v) is 1.80. The minimum atomic E-state index is 0.461. The molecule has 0 aliphatic heterocycles. The lowest BCUT2D eigenvalue weighted by atomic mass is 10.7. The first-order chi connectivity index (χ1) is 11.9. The van der Waals surface area contributed by atoms with Crippen LogP contribution in [0.3, 0.4) is 0 Å². The lowest BCUT2D eigenvalue weighted by molar-refractivity contribution is 0.732. The number of halogens is 1. The molecule has 0 spiro atoms. The second-order valence-corrected chi connectivity index (χ2v) is 5.31. The molecule has 4 heterocycles. The maximum absolute atomic E-state index is 5.43. The van der Waals surface area contributed by atoms with Crippen molar-refractivity contribution in [3.63, 3.8) is 0 Å². The quantitative estimate of drug-likeness (QED) is 0.401. The molecule has 4 rings (SSSR count). The molecule has 5 N–H and O–H groups in total. The van der Waals surface area contributed by atoms with E-state index in [1.54, 1.807) is 53.6 Å². The highest BCUT2D eigenvalue weighted by Gasteiger charge is 2.01. The SMILES string of the molecule is Cn1cnc(-n2ccc(N)n2)n1.Cn1cnc(Br)n1.Nc1ccn[nH]1. The number of nitrogens with zero attached hydrogens (tertiary/aromatic N) is 9. The molecule has 0 fully saturated rings. The van der Waals surface area contributed by atoms with Crippen molar-refractivity contribution < 1.29 is 0 Å². The lowest BCUT2D eigenvalue weighted by Crippen LogP contribution is -1.99. The molecule has 0 atom stereocenters. The standard InChI is InChI=1S/C6H8N6.C3H4BrN3.C3H5N3/c1-11-4-8-6(10-11)12-3-2-5(7)9-12;1-7-2-5-3(4)6-7;4-3-1-2-5-6-3/h2-4H,1H3,(H2,7,9);2H,1H3;1-2H,(H3,4,5,6). The van der Waals surface area contributed by atoms with E-state index in [9.17, 15) is 0 Å². The Bertz CT molecular complexity index is 819. The van der Waals surface area contributed by atoms with Gasteiger partial charge in [-0.1, -0.05) is 0 Å². The van der Waals surface area contributed by atoms with Crippen molar-refractivity contribution in [2.75, 3.05) is 11.5 Å². The summed E-state index contributed by atoms with van der Waals surface area (Å²) in [4.78, 5) is 7.78. The van der Waals surface area contributed by atoms with Crippen molar-refractivity contribution in [2.45, 2.75) is 0 Å². The summed E-state index contributed by atoms with van der Waals surface area (Å²) >= 11 is 3.09. The van der Waals surface area contributed by atoms with E-state index in [-0.39, 0.29) is 0 Å². The number of anilines is 2. The van der Waals surface area contributed by atoms with Gasteiger partial charge in [-0.15, -0.1) is 15.3 Å². The highest BCUT2D eigenvalue weighted by molar-refractivity contribution is 9.10. The average Bonchev–Trinajstić information content (AvgIpc) is 3.33. The van der Waals surface area contributed by atoms with Crippen LogP contribution in [0, 0.1) is 0 Å². The topological polar surface area (TPSA) is 160 Å². The Morgan fingerprint density at radius 1 is 1.00 bits per heavy atom. The van der Waals surface area contributed by atoms with E-state index < -0.39 is 0 Å². The van der Waals surface area contributed by atoms with Gasteiger partial charge in [0, 0.05) is 26.4 Å². The number of aromatic nitrogens is 10. The highest BCUT2D eigenvalue weighted by atomic mass is 79.9. The first-order valence-electron chi connectivity index (χ1n) is 6.87. The van der Waals surface area contributed by atoms with E-state index in [2.05, 4.69) is 51.4 Å². The Morgan fingerprint density at radius 3 is 2.04 bits per heavy atom. The van der Waals surface area contributed by atoms with Crippen molar-refractivity contribution in [2.24, 2.45) is 14.1 Å². The van der Waals surface area contributed by atoms with Crippen molar-refractivity contribution in [1.29, 1.82) is 0 Å². The summed E-state index contributed by atoms with van der Waals surface area (Å²) in [5, 5.41) is 17.9. The number of H-pyrrole nitrogens is 1. The van der Waals surface area contributed by atoms with Crippen molar-refractivity contribution in [3.05, 3.63) is 41.9 Å². The summed E-state index contributed by atoms with van der Waals surface area (Å²) in [6.07, 6.45) is 6.55. The number of aromatic amines is 1. The van der Waals surface area contributed by atoms with Crippen LogP contribution in [0.15, 0.2) is 41.9 Å². The molecule has 0 saturated heterocycles. The Kier molecular flexibility index (Phi) is 6.22. The Hall–Kier alpha value is -3.22. The van der Waals surface area contributed by atoms with Gasteiger partial charge in [0.25, 0.3) is 5.95 Å². The molecule has 0 bridgehead atoms. The van der Waals surface area contributed by atoms with Crippen molar-refractivity contribution in [3.8, 4) is 5.95 Å². The third-order valence-corrected chi connectivity index (χ3v) is 2.86. The van der Waals surface area contributed by atoms with Crippen LogP contribution in [-0.4, -0.2) is 49.5 Å². The molecule has 25 heavy (non-hydrogen) atoms. The van der Waals surface area contributed by atoms with E-state index in [1.165, 1.54) is 4.68 Å². The molecular formula is C12H17BrN12. The number of aryl methyl sites for hydroxylation is 2. The summed E-state index contributed by atoms with van der Waals surface area (Å²) < 4.78 is 5.39. The predicted octanol–water partition coefficient (Wildman–Crippen LogP) is 0.152. The lowest BCUT2D eigenvalue weighted by Gasteiger charge is -1.90. The first kappa shape index (κ1) is 18.1. The maximum Gasteiger partial charge on any atom is 0.269 e. The second kappa shape index (κ2) is 8.58. The van der Waals surface area contributed by atoms with E-state index in [1.807, 2.05) is 7.05 Å². The molecule has 132 valence electrons. The molecule has 0 amide bonds. The van der Waals surface area contributed by atoms with Crippen LogP contribution < -0.4 is 11.5 Å². The number of rotatable bonds is 1. The molecule has 0 radical (unpaired) electrons. The van der Waals surface area contributed by atoms with Gasteiger partial charge >= 0.3 is 0 Å². The van der Waals surface area contributed by atoms with E-state index >= 15 is 0 Å². The minimum absolute atomic E-state index is 0.461. The Labute approximate surface area is 151 Å². The monoisotopic (exact) mass is 408 g/mol.